The lowest BCUT2D eigenvalue weighted by atomic mass is 10.2. The zero-order valence-corrected chi connectivity index (χ0v) is 8.57. The lowest BCUT2D eigenvalue weighted by molar-refractivity contribution is 0.280. The Kier molecular flexibility index (Phi) is 3.92. The number of aromatic nitrogens is 2. The molecule has 0 aromatic rings. The Bertz CT molecular complexity index is 361. The number of aliphatic hydroxyl groups excluding tert-OH is 1. The molecule has 0 unspecified atom stereocenters. The molecule has 2 heterocycles. The summed E-state index contributed by atoms with van der Waals surface area (Å²) in [6.45, 7) is 1.05. The van der Waals surface area contributed by atoms with E-state index in [4.69, 9.17) is 5.11 Å². The summed E-state index contributed by atoms with van der Waals surface area (Å²) in [6, 6.07) is 6.03. The monoisotopic (exact) mass is 212 g/mol. The number of hydrogen-bond donors (Lipinski definition) is 1. The highest BCUT2D eigenvalue weighted by Crippen LogP contribution is 2.18. The number of pyridine rings is 1. The van der Waals surface area contributed by atoms with Crippen LogP contribution in [-0.4, -0.2) is 21.3 Å². The third-order valence-corrected chi connectivity index (χ3v) is 2.08. The Morgan fingerprint density at radius 3 is 3.00 bits per heavy atom. The Hall–Kier alpha value is -1.06. The van der Waals surface area contributed by atoms with Gasteiger partial charge in [0.2, 0.25) is 0 Å². The summed E-state index contributed by atoms with van der Waals surface area (Å²) in [7, 11) is 0. The summed E-state index contributed by atoms with van der Waals surface area (Å²) >= 11 is 0. The molecule has 0 saturated heterocycles. The van der Waals surface area contributed by atoms with Crippen LogP contribution >= 0.6 is 12.4 Å². The minimum absolute atomic E-state index is 0. The van der Waals surface area contributed by atoms with E-state index < -0.39 is 0 Å². The van der Waals surface area contributed by atoms with Crippen LogP contribution in [0.2, 0.25) is 0 Å². The van der Waals surface area contributed by atoms with Gasteiger partial charge in [0.05, 0.1) is 0 Å². The van der Waals surface area contributed by atoms with Crippen molar-refractivity contribution in [2.45, 2.75) is 13.0 Å². The second-order valence-electron chi connectivity index (χ2n) is 3.00. The minimum atomic E-state index is 0. The smallest absolute Gasteiger partial charge is 0.139 e. The van der Waals surface area contributed by atoms with Gasteiger partial charge < -0.3 is 9.67 Å². The molecular weight excluding hydrogens is 200 g/mol. The normalized spacial score (nSPS) is 10.1. The van der Waals surface area contributed by atoms with Gasteiger partial charge in [-0.1, -0.05) is 0 Å². The first kappa shape index (κ1) is 11.0. The van der Waals surface area contributed by atoms with Crippen molar-refractivity contribution in [3.63, 3.8) is 0 Å². The SMILES string of the molecule is Cl.OCCCn1cccc2ccnc1-2. The van der Waals surface area contributed by atoms with Gasteiger partial charge in [-0.05, 0) is 24.6 Å². The van der Waals surface area contributed by atoms with Crippen molar-refractivity contribution < 1.29 is 5.11 Å². The zero-order chi connectivity index (χ0) is 9.10. The number of fused-ring (bicyclic) bond motifs is 1. The van der Waals surface area contributed by atoms with E-state index in [1.54, 1.807) is 6.20 Å². The van der Waals surface area contributed by atoms with Gasteiger partial charge in [0.25, 0.3) is 0 Å². The van der Waals surface area contributed by atoms with Gasteiger partial charge in [-0.3, -0.25) is 0 Å². The van der Waals surface area contributed by atoms with Crippen molar-refractivity contribution in [3.05, 3.63) is 30.6 Å². The molecule has 0 saturated carbocycles. The predicted molar refractivity (Wildman–Crippen MR) is 57.8 cm³/mol. The maximum Gasteiger partial charge on any atom is 0.139 e. The topological polar surface area (TPSA) is 38.0 Å². The average molecular weight is 213 g/mol. The van der Waals surface area contributed by atoms with Gasteiger partial charge >= 0.3 is 0 Å². The number of halogens is 1. The molecule has 2 rings (SSSR count). The van der Waals surface area contributed by atoms with Crippen LogP contribution in [0, 0.1) is 0 Å². The highest BCUT2D eigenvalue weighted by atomic mass is 35.5. The Morgan fingerprint density at radius 1 is 1.36 bits per heavy atom. The molecule has 76 valence electrons. The van der Waals surface area contributed by atoms with Crippen molar-refractivity contribution in [3.8, 4) is 11.4 Å². The Morgan fingerprint density at radius 2 is 2.21 bits per heavy atom. The second kappa shape index (κ2) is 4.98. The van der Waals surface area contributed by atoms with E-state index in [0.717, 1.165) is 24.4 Å². The van der Waals surface area contributed by atoms with Gasteiger partial charge in [-0.25, -0.2) is 4.98 Å². The van der Waals surface area contributed by atoms with Crippen LogP contribution in [0.5, 0.6) is 0 Å². The largest absolute Gasteiger partial charge is 0.396 e. The molecule has 14 heavy (non-hydrogen) atoms. The molecule has 0 spiro atoms. The summed E-state index contributed by atoms with van der Waals surface area (Å²) < 4.78 is 2.06. The highest BCUT2D eigenvalue weighted by Gasteiger charge is 2.05. The van der Waals surface area contributed by atoms with Crippen LogP contribution < -0.4 is 0 Å². The fraction of sp³-hybridized carbons (Fsp3) is 0.300. The predicted octanol–water partition coefficient (Wildman–Crippen LogP) is 1.79. The van der Waals surface area contributed by atoms with Gasteiger partial charge in [0, 0.05) is 31.1 Å². The van der Waals surface area contributed by atoms with E-state index in [0.29, 0.717) is 0 Å². The molecule has 0 aromatic heterocycles. The average Bonchev–Trinajstić information content (AvgIpc) is 2.62. The third-order valence-electron chi connectivity index (χ3n) is 2.08. The highest BCUT2D eigenvalue weighted by molar-refractivity contribution is 5.85. The van der Waals surface area contributed by atoms with Crippen molar-refractivity contribution in [2.24, 2.45) is 0 Å². The van der Waals surface area contributed by atoms with E-state index in [1.165, 1.54) is 0 Å². The summed E-state index contributed by atoms with van der Waals surface area (Å²) in [5, 5.41) is 8.72. The minimum Gasteiger partial charge on any atom is -0.396 e. The van der Waals surface area contributed by atoms with E-state index in [9.17, 15) is 0 Å². The quantitative estimate of drug-likeness (QED) is 0.843. The maximum atomic E-state index is 8.72. The molecule has 0 aromatic carbocycles. The first-order chi connectivity index (χ1) is 6.42. The molecule has 4 heteroatoms. The van der Waals surface area contributed by atoms with Gasteiger partial charge in [0.15, 0.2) is 0 Å². The van der Waals surface area contributed by atoms with Crippen LogP contribution in [0.4, 0.5) is 0 Å². The fourth-order valence-electron chi connectivity index (χ4n) is 1.45. The number of hydrogen-bond acceptors (Lipinski definition) is 2. The summed E-state index contributed by atoms with van der Waals surface area (Å²) in [6.07, 6.45) is 4.57. The molecule has 0 atom stereocenters. The zero-order valence-electron chi connectivity index (χ0n) is 7.76. The third kappa shape index (κ3) is 2.05. The lowest BCUT2D eigenvalue weighted by Gasteiger charge is -2.09. The van der Waals surface area contributed by atoms with Crippen molar-refractivity contribution in [1.82, 2.24) is 9.55 Å². The van der Waals surface area contributed by atoms with E-state index in [2.05, 4.69) is 9.55 Å². The van der Waals surface area contributed by atoms with Crippen molar-refractivity contribution in [2.75, 3.05) is 6.61 Å². The fourth-order valence-corrected chi connectivity index (χ4v) is 1.45. The van der Waals surface area contributed by atoms with Gasteiger partial charge in [-0.15, -0.1) is 12.4 Å². The van der Waals surface area contributed by atoms with Gasteiger partial charge in [-0.2, -0.15) is 0 Å². The van der Waals surface area contributed by atoms with Crippen molar-refractivity contribution in [1.29, 1.82) is 0 Å². The second-order valence-corrected chi connectivity index (χ2v) is 3.00. The number of rotatable bonds is 3. The molecule has 3 nitrogen and oxygen atoms in total. The number of nitrogens with zero attached hydrogens (tertiary/aromatic N) is 2. The summed E-state index contributed by atoms with van der Waals surface area (Å²) in [5.74, 6) is 0.996. The first-order valence-electron chi connectivity index (χ1n) is 4.42. The number of aryl methyl sites for hydroxylation is 1. The number of aliphatic hydroxyl groups is 1. The molecule has 0 bridgehead atoms. The van der Waals surface area contributed by atoms with Crippen molar-refractivity contribution >= 4 is 12.4 Å². The standard InChI is InChI=1S/C10H12N2O.ClH/c13-8-2-7-12-6-1-3-9-4-5-11-10(9)12;/h1,3-6,13H,2,7-8H2;1H. The Balaban J connectivity index is 0.000000980. The van der Waals surface area contributed by atoms with Crippen LogP contribution in [0.1, 0.15) is 6.42 Å². The molecule has 0 amide bonds. The van der Waals surface area contributed by atoms with Crippen LogP contribution in [-0.2, 0) is 6.54 Å². The molecule has 0 aliphatic carbocycles. The van der Waals surface area contributed by atoms with Crippen LogP contribution in [0.15, 0.2) is 30.6 Å². The first-order valence-corrected chi connectivity index (χ1v) is 4.42. The molecule has 0 fully saturated rings. The summed E-state index contributed by atoms with van der Waals surface area (Å²) in [5.41, 5.74) is 1.15. The molecule has 0 radical (unpaired) electrons. The van der Waals surface area contributed by atoms with E-state index in [1.807, 2.05) is 24.4 Å². The molecular formula is C10H13ClN2O. The summed E-state index contributed by atoms with van der Waals surface area (Å²) in [4.78, 5) is 4.25. The van der Waals surface area contributed by atoms with Crippen LogP contribution in [0.25, 0.3) is 11.4 Å². The van der Waals surface area contributed by atoms with Gasteiger partial charge in [0.1, 0.15) is 5.82 Å². The molecule has 2 aliphatic heterocycles. The molecule has 1 N–H and O–H groups in total. The lowest BCUT2D eigenvalue weighted by Crippen LogP contribution is -2.04. The Labute approximate surface area is 89.1 Å². The van der Waals surface area contributed by atoms with E-state index in [-0.39, 0.29) is 19.0 Å². The molecule has 2 aliphatic rings. The van der Waals surface area contributed by atoms with E-state index >= 15 is 0 Å². The van der Waals surface area contributed by atoms with Crippen LogP contribution in [0.3, 0.4) is 0 Å². The maximum absolute atomic E-state index is 8.72.